The molecule has 4 heteroatoms. The number of hydrogen-bond donors (Lipinski definition) is 1. The molecule has 1 atom stereocenters. The van der Waals surface area contributed by atoms with Gasteiger partial charge < -0.3 is 5.32 Å². The van der Waals surface area contributed by atoms with E-state index in [4.69, 9.17) is 0 Å². The summed E-state index contributed by atoms with van der Waals surface area (Å²) in [6.07, 6.45) is 2.88. The van der Waals surface area contributed by atoms with Crippen LogP contribution in [0, 0.1) is 5.82 Å². The van der Waals surface area contributed by atoms with E-state index in [1.807, 2.05) is 12.3 Å². The summed E-state index contributed by atoms with van der Waals surface area (Å²) in [6, 6.07) is 6.76. The molecule has 0 aliphatic heterocycles. The molecule has 1 heterocycles. The van der Waals surface area contributed by atoms with Gasteiger partial charge in [-0.1, -0.05) is 19.1 Å². The van der Waals surface area contributed by atoms with Gasteiger partial charge in [0.05, 0.1) is 11.6 Å². The van der Waals surface area contributed by atoms with E-state index in [1.54, 1.807) is 29.0 Å². The Morgan fingerprint density at radius 2 is 2.35 bits per heavy atom. The van der Waals surface area contributed by atoms with E-state index in [0.717, 1.165) is 23.4 Å². The number of nitrogens with one attached hydrogen (secondary N) is 1. The minimum atomic E-state index is -0.199. The highest BCUT2D eigenvalue weighted by Gasteiger charge is 2.15. The van der Waals surface area contributed by atoms with Gasteiger partial charge in [0, 0.05) is 11.1 Å². The summed E-state index contributed by atoms with van der Waals surface area (Å²) >= 11 is 1.59. The highest BCUT2D eigenvalue weighted by molar-refractivity contribution is 7.09. The lowest BCUT2D eigenvalue weighted by molar-refractivity contribution is 0.590. The molecule has 1 aromatic carbocycles. The topological polar surface area (TPSA) is 24.9 Å². The lowest BCUT2D eigenvalue weighted by atomic mass is 10.1. The fourth-order valence-corrected chi connectivity index (χ4v) is 2.45. The molecular formula is C13H15FN2S. The van der Waals surface area contributed by atoms with Gasteiger partial charge in [0.15, 0.2) is 0 Å². The number of thiazole rings is 1. The standard InChI is InChI=1S/C13H15FN2S/c1-2-6-16-13(12-8-15-9-17-12)10-4-3-5-11(14)7-10/h3-5,7-9,13,16H,2,6H2,1H3. The molecule has 17 heavy (non-hydrogen) atoms. The largest absolute Gasteiger partial charge is 0.306 e. The molecule has 0 aliphatic rings. The molecule has 2 nitrogen and oxygen atoms in total. The average Bonchev–Trinajstić information content (AvgIpc) is 2.83. The van der Waals surface area contributed by atoms with Gasteiger partial charge in [-0.25, -0.2) is 4.39 Å². The zero-order valence-corrected chi connectivity index (χ0v) is 10.5. The van der Waals surface area contributed by atoms with E-state index < -0.39 is 0 Å². The van der Waals surface area contributed by atoms with Crippen LogP contribution >= 0.6 is 11.3 Å². The first kappa shape index (κ1) is 12.2. The van der Waals surface area contributed by atoms with Crippen LogP contribution in [-0.2, 0) is 0 Å². The monoisotopic (exact) mass is 250 g/mol. The van der Waals surface area contributed by atoms with Crippen LogP contribution in [0.2, 0.25) is 0 Å². The van der Waals surface area contributed by atoms with Crippen LogP contribution in [0.5, 0.6) is 0 Å². The van der Waals surface area contributed by atoms with Crippen LogP contribution in [0.1, 0.15) is 29.8 Å². The fourth-order valence-electron chi connectivity index (χ4n) is 1.73. The average molecular weight is 250 g/mol. The van der Waals surface area contributed by atoms with Crippen LogP contribution in [0.15, 0.2) is 36.0 Å². The summed E-state index contributed by atoms with van der Waals surface area (Å²) in [4.78, 5) is 5.20. The van der Waals surface area contributed by atoms with Crippen molar-refractivity contribution in [3.8, 4) is 0 Å². The lowest BCUT2D eigenvalue weighted by Gasteiger charge is -2.17. The van der Waals surface area contributed by atoms with Crippen LogP contribution < -0.4 is 5.32 Å². The Bertz CT molecular complexity index is 456. The number of halogens is 1. The van der Waals surface area contributed by atoms with Crippen molar-refractivity contribution < 1.29 is 4.39 Å². The summed E-state index contributed by atoms with van der Waals surface area (Å²) in [5.41, 5.74) is 2.75. The molecule has 1 N–H and O–H groups in total. The smallest absolute Gasteiger partial charge is 0.123 e. The molecule has 0 fully saturated rings. The Hall–Kier alpha value is -1.26. The summed E-state index contributed by atoms with van der Waals surface area (Å²) in [5.74, 6) is -0.199. The van der Waals surface area contributed by atoms with Crippen molar-refractivity contribution in [3.63, 3.8) is 0 Å². The van der Waals surface area contributed by atoms with Crippen molar-refractivity contribution in [2.45, 2.75) is 19.4 Å². The number of nitrogens with zero attached hydrogens (tertiary/aromatic N) is 1. The second kappa shape index (κ2) is 5.89. The van der Waals surface area contributed by atoms with Gasteiger partial charge >= 0.3 is 0 Å². The number of benzene rings is 1. The first-order valence-corrected chi connectivity index (χ1v) is 6.56. The first-order chi connectivity index (χ1) is 8.31. The van der Waals surface area contributed by atoms with E-state index in [1.165, 1.54) is 6.07 Å². The number of rotatable bonds is 5. The van der Waals surface area contributed by atoms with Crippen LogP contribution in [-0.4, -0.2) is 11.5 Å². The summed E-state index contributed by atoms with van der Waals surface area (Å²) in [5, 5.41) is 3.42. The second-order valence-electron chi connectivity index (χ2n) is 3.85. The molecule has 2 rings (SSSR count). The zero-order valence-electron chi connectivity index (χ0n) is 9.69. The number of aromatic nitrogens is 1. The highest BCUT2D eigenvalue weighted by atomic mass is 32.1. The minimum absolute atomic E-state index is 0.0400. The maximum atomic E-state index is 13.3. The van der Waals surface area contributed by atoms with E-state index in [9.17, 15) is 4.39 Å². The van der Waals surface area contributed by atoms with Gasteiger partial charge in [0.1, 0.15) is 5.82 Å². The molecule has 0 radical (unpaired) electrons. The van der Waals surface area contributed by atoms with Gasteiger partial charge in [-0.15, -0.1) is 11.3 Å². The Labute approximate surface area is 105 Å². The first-order valence-electron chi connectivity index (χ1n) is 5.68. The van der Waals surface area contributed by atoms with Crippen LogP contribution in [0.25, 0.3) is 0 Å². The van der Waals surface area contributed by atoms with Gasteiger partial charge in [-0.2, -0.15) is 0 Å². The third-order valence-corrected chi connectivity index (χ3v) is 3.36. The molecule has 2 aromatic rings. The van der Waals surface area contributed by atoms with E-state index in [0.29, 0.717) is 0 Å². The van der Waals surface area contributed by atoms with Gasteiger partial charge in [0.25, 0.3) is 0 Å². The predicted molar refractivity (Wildman–Crippen MR) is 68.7 cm³/mol. The molecule has 1 unspecified atom stereocenters. The van der Waals surface area contributed by atoms with E-state index in [2.05, 4.69) is 17.2 Å². The fraction of sp³-hybridized carbons (Fsp3) is 0.308. The van der Waals surface area contributed by atoms with E-state index in [-0.39, 0.29) is 11.9 Å². The summed E-state index contributed by atoms with van der Waals surface area (Å²) in [6.45, 7) is 3.02. The highest BCUT2D eigenvalue weighted by Crippen LogP contribution is 2.25. The second-order valence-corrected chi connectivity index (χ2v) is 4.76. The van der Waals surface area contributed by atoms with E-state index >= 15 is 0 Å². The number of hydrogen-bond acceptors (Lipinski definition) is 3. The van der Waals surface area contributed by atoms with Gasteiger partial charge in [0.2, 0.25) is 0 Å². The van der Waals surface area contributed by atoms with Crippen molar-refractivity contribution >= 4 is 11.3 Å². The Morgan fingerprint density at radius 3 is 3.00 bits per heavy atom. The molecule has 0 bridgehead atoms. The molecule has 0 saturated heterocycles. The maximum absolute atomic E-state index is 13.3. The van der Waals surface area contributed by atoms with Gasteiger partial charge in [-0.3, -0.25) is 4.98 Å². The van der Waals surface area contributed by atoms with Crippen molar-refractivity contribution in [1.29, 1.82) is 0 Å². The Morgan fingerprint density at radius 1 is 1.47 bits per heavy atom. The normalized spacial score (nSPS) is 12.6. The van der Waals surface area contributed by atoms with Crippen LogP contribution in [0.4, 0.5) is 4.39 Å². The van der Waals surface area contributed by atoms with Crippen molar-refractivity contribution in [2.24, 2.45) is 0 Å². The van der Waals surface area contributed by atoms with Crippen LogP contribution in [0.3, 0.4) is 0 Å². The molecule has 1 aromatic heterocycles. The van der Waals surface area contributed by atoms with Gasteiger partial charge in [-0.05, 0) is 30.7 Å². The van der Waals surface area contributed by atoms with Crippen molar-refractivity contribution in [2.75, 3.05) is 6.54 Å². The van der Waals surface area contributed by atoms with Crippen molar-refractivity contribution in [3.05, 3.63) is 52.2 Å². The molecular weight excluding hydrogens is 235 g/mol. The minimum Gasteiger partial charge on any atom is -0.306 e. The molecule has 90 valence electrons. The zero-order chi connectivity index (χ0) is 12.1. The molecule has 0 saturated carbocycles. The third kappa shape index (κ3) is 3.11. The summed E-state index contributed by atoms with van der Waals surface area (Å²) in [7, 11) is 0. The Balaban J connectivity index is 2.27. The third-order valence-electron chi connectivity index (χ3n) is 2.52. The SMILES string of the molecule is CCCNC(c1cccc(F)c1)c1cncs1. The summed E-state index contributed by atoms with van der Waals surface area (Å²) < 4.78 is 13.3. The molecule has 0 aliphatic carbocycles. The maximum Gasteiger partial charge on any atom is 0.123 e. The molecule has 0 amide bonds. The Kier molecular flexibility index (Phi) is 4.23. The predicted octanol–water partition coefficient (Wildman–Crippen LogP) is 3.37. The van der Waals surface area contributed by atoms with Crippen molar-refractivity contribution in [1.82, 2.24) is 10.3 Å². The molecule has 0 spiro atoms. The quantitative estimate of drug-likeness (QED) is 0.880. The lowest BCUT2D eigenvalue weighted by Crippen LogP contribution is -2.22.